The molecular formula is C29H37N7O5. The van der Waals surface area contributed by atoms with E-state index in [4.69, 9.17) is 17.2 Å². The number of phenolic OH excluding ortho intramolecular Hbond substituents is 1. The van der Waals surface area contributed by atoms with Crippen LogP contribution >= 0.6 is 0 Å². The fourth-order valence-electron chi connectivity index (χ4n) is 5.56. The minimum atomic E-state index is -0.972. The SMILES string of the molecule is NC(=O)[C@@H]1CCCN1C(=O)[C@H](Cc1ccccc1)NC(=O)[C@@H]1CCCN1C(=O)[C@H](Cc1ccc(O)cc1)N=C(N)N. The number of nitrogens with one attached hydrogen (secondary N) is 1. The van der Waals surface area contributed by atoms with Crippen LogP contribution in [0.4, 0.5) is 0 Å². The molecule has 2 aromatic carbocycles. The Kier molecular flexibility index (Phi) is 9.43. The monoisotopic (exact) mass is 563 g/mol. The molecule has 12 heteroatoms. The third-order valence-corrected chi connectivity index (χ3v) is 7.56. The lowest BCUT2D eigenvalue weighted by Crippen LogP contribution is -2.57. The summed E-state index contributed by atoms with van der Waals surface area (Å²) in [5.74, 6) is -2.01. The number of guanidine groups is 1. The zero-order chi connectivity index (χ0) is 29.5. The molecule has 2 aliphatic heterocycles. The van der Waals surface area contributed by atoms with E-state index in [-0.39, 0.29) is 30.5 Å². The number of aromatic hydroxyl groups is 1. The third kappa shape index (κ3) is 7.33. The molecule has 8 N–H and O–H groups in total. The topological polar surface area (TPSA) is 197 Å². The van der Waals surface area contributed by atoms with E-state index in [2.05, 4.69) is 10.3 Å². The molecule has 0 radical (unpaired) electrons. The minimum Gasteiger partial charge on any atom is -0.508 e. The largest absolute Gasteiger partial charge is 0.508 e. The molecule has 2 fully saturated rings. The Balaban J connectivity index is 1.53. The Labute approximate surface area is 238 Å². The summed E-state index contributed by atoms with van der Waals surface area (Å²) in [6.07, 6.45) is 2.50. The molecule has 0 aromatic heterocycles. The Morgan fingerprint density at radius 2 is 1.41 bits per heavy atom. The molecule has 0 bridgehead atoms. The predicted octanol–water partition coefficient (Wildman–Crippen LogP) is -0.228. The van der Waals surface area contributed by atoms with E-state index in [0.717, 1.165) is 11.1 Å². The number of carbonyl (C=O) groups excluding carboxylic acids is 4. The fourth-order valence-corrected chi connectivity index (χ4v) is 5.56. The van der Waals surface area contributed by atoms with Crippen molar-refractivity contribution in [2.45, 2.75) is 62.7 Å². The van der Waals surface area contributed by atoms with Crippen molar-refractivity contribution in [2.75, 3.05) is 13.1 Å². The lowest BCUT2D eigenvalue weighted by Gasteiger charge is -2.31. The number of benzene rings is 2. The fraction of sp³-hybridized carbons (Fsp3) is 0.414. The van der Waals surface area contributed by atoms with Crippen LogP contribution in [-0.4, -0.2) is 81.8 Å². The van der Waals surface area contributed by atoms with Gasteiger partial charge in [-0.25, -0.2) is 4.99 Å². The lowest BCUT2D eigenvalue weighted by molar-refractivity contribution is -0.143. The molecular weight excluding hydrogens is 526 g/mol. The number of phenols is 1. The van der Waals surface area contributed by atoms with Crippen molar-refractivity contribution >= 4 is 29.6 Å². The number of nitrogens with zero attached hydrogens (tertiary/aromatic N) is 3. The molecule has 2 aromatic rings. The Bertz CT molecular complexity index is 1280. The van der Waals surface area contributed by atoms with E-state index >= 15 is 0 Å². The van der Waals surface area contributed by atoms with E-state index in [9.17, 15) is 24.3 Å². The number of amides is 4. The number of rotatable bonds is 10. The van der Waals surface area contributed by atoms with Crippen LogP contribution in [0.3, 0.4) is 0 Å². The second kappa shape index (κ2) is 13.2. The van der Waals surface area contributed by atoms with Crippen LogP contribution < -0.4 is 22.5 Å². The van der Waals surface area contributed by atoms with E-state index in [1.54, 1.807) is 12.1 Å². The van der Waals surface area contributed by atoms with Gasteiger partial charge in [0.15, 0.2) is 5.96 Å². The van der Waals surface area contributed by atoms with Crippen LogP contribution in [0, 0.1) is 0 Å². The van der Waals surface area contributed by atoms with Gasteiger partial charge in [0.25, 0.3) is 0 Å². The first-order chi connectivity index (χ1) is 19.6. The molecule has 218 valence electrons. The summed E-state index contributed by atoms with van der Waals surface area (Å²) < 4.78 is 0. The molecule has 2 aliphatic rings. The lowest BCUT2D eigenvalue weighted by atomic mass is 10.0. The third-order valence-electron chi connectivity index (χ3n) is 7.56. The summed E-state index contributed by atoms with van der Waals surface area (Å²) in [5, 5.41) is 12.5. The molecule has 4 amide bonds. The van der Waals surface area contributed by atoms with Crippen LogP contribution in [0.15, 0.2) is 59.6 Å². The van der Waals surface area contributed by atoms with Crippen molar-refractivity contribution < 1.29 is 24.3 Å². The smallest absolute Gasteiger partial charge is 0.248 e. The van der Waals surface area contributed by atoms with Gasteiger partial charge in [0.2, 0.25) is 23.6 Å². The number of aliphatic imine (C=N–C) groups is 1. The average molecular weight is 564 g/mol. The molecule has 0 aliphatic carbocycles. The molecule has 2 heterocycles. The summed E-state index contributed by atoms with van der Waals surface area (Å²) >= 11 is 0. The maximum absolute atomic E-state index is 13.7. The second-order valence-electron chi connectivity index (χ2n) is 10.5. The van der Waals surface area contributed by atoms with Crippen LogP contribution in [0.25, 0.3) is 0 Å². The first-order valence-corrected chi connectivity index (χ1v) is 13.7. The van der Waals surface area contributed by atoms with Gasteiger partial charge < -0.3 is 37.4 Å². The van der Waals surface area contributed by atoms with Crippen molar-refractivity contribution in [1.82, 2.24) is 15.1 Å². The zero-order valence-corrected chi connectivity index (χ0v) is 22.8. The normalized spacial score (nSPS) is 19.8. The summed E-state index contributed by atoms with van der Waals surface area (Å²) in [7, 11) is 0. The molecule has 4 rings (SSSR count). The zero-order valence-electron chi connectivity index (χ0n) is 22.8. The number of primary amides is 1. The van der Waals surface area contributed by atoms with Gasteiger partial charge >= 0.3 is 0 Å². The highest BCUT2D eigenvalue weighted by Crippen LogP contribution is 2.23. The van der Waals surface area contributed by atoms with Gasteiger partial charge in [-0.15, -0.1) is 0 Å². The molecule has 2 saturated heterocycles. The molecule has 0 spiro atoms. The number of nitrogens with two attached hydrogens (primary N) is 3. The van der Waals surface area contributed by atoms with Gasteiger partial charge in [-0.2, -0.15) is 0 Å². The van der Waals surface area contributed by atoms with E-state index in [1.165, 1.54) is 21.9 Å². The highest BCUT2D eigenvalue weighted by atomic mass is 16.3. The Morgan fingerprint density at radius 3 is 2.02 bits per heavy atom. The van der Waals surface area contributed by atoms with Crippen LogP contribution in [0.2, 0.25) is 0 Å². The second-order valence-corrected chi connectivity index (χ2v) is 10.5. The molecule has 0 unspecified atom stereocenters. The average Bonchev–Trinajstić information content (AvgIpc) is 3.64. The number of likely N-dealkylation sites (tertiary alicyclic amines) is 2. The molecule has 12 nitrogen and oxygen atoms in total. The molecule has 0 saturated carbocycles. The molecule has 41 heavy (non-hydrogen) atoms. The number of carbonyl (C=O) groups is 4. The van der Waals surface area contributed by atoms with Crippen molar-refractivity contribution in [3.05, 3.63) is 65.7 Å². The summed E-state index contributed by atoms with van der Waals surface area (Å²) in [6, 6.07) is 12.1. The van der Waals surface area contributed by atoms with Crippen molar-refractivity contribution in [3.63, 3.8) is 0 Å². The van der Waals surface area contributed by atoms with Crippen LogP contribution in [0.5, 0.6) is 5.75 Å². The van der Waals surface area contributed by atoms with Crippen molar-refractivity contribution in [2.24, 2.45) is 22.2 Å². The first-order valence-electron chi connectivity index (χ1n) is 13.7. The summed E-state index contributed by atoms with van der Waals surface area (Å²) in [5.41, 5.74) is 18.4. The Hall–Kier alpha value is -4.61. The highest BCUT2D eigenvalue weighted by Gasteiger charge is 2.41. The maximum atomic E-state index is 13.7. The predicted molar refractivity (Wildman–Crippen MR) is 152 cm³/mol. The van der Waals surface area contributed by atoms with Gasteiger partial charge in [0, 0.05) is 25.9 Å². The van der Waals surface area contributed by atoms with Crippen LogP contribution in [-0.2, 0) is 32.0 Å². The van der Waals surface area contributed by atoms with E-state index < -0.39 is 41.9 Å². The van der Waals surface area contributed by atoms with E-state index in [0.29, 0.717) is 38.8 Å². The van der Waals surface area contributed by atoms with Crippen molar-refractivity contribution in [1.29, 1.82) is 0 Å². The van der Waals surface area contributed by atoms with Crippen molar-refractivity contribution in [3.8, 4) is 5.75 Å². The standard InChI is InChI=1S/C29H37N7O5/c30-25(38)23-8-4-14-35(23)27(40)21(16-18-6-2-1-3-7-18)33-26(39)24-9-5-15-36(24)28(41)22(34-29(31)32)17-19-10-12-20(37)13-11-19/h1-3,6-7,10-13,21-24,37H,4-5,8-9,14-17H2,(H2,30,38)(H,33,39)(H4,31,32,34)/t21-,22-,23-,24-/m0/s1. The van der Waals surface area contributed by atoms with Crippen LogP contribution in [0.1, 0.15) is 36.8 Å². The quantitative estimate of drug-likeness (QED) is 0.194. The van der Waals surface area contributed by atoms with Gasteiger partial charge in [-0.3, -0.25) is 19.2 Å². The summed E-state index contributed by atoms with van der Waals surface area (Å²) in [4.78, 5) is 60.0. The van der Waals surface area contributed by atoms with Gasteiger partial charge in [0.05, 0.1) is 0 Å². The highest BCUT2D eigenvalue weighted by molar-refractivity contribution is 5.95. The van der Waals surface area contributed by atoms with Gasteiger partial charge in [-0.05, 0) is 48.9 Å². The number of hydrogen-bond donors (Lipinski definition) is 5. The Morgan fingerprint density at radius 1 is 0.829 bits per heavy atom. The van der Waals surface area contributed by atoms with Gasteiger partial charge in [0.1, 0.15) is 29.9 Å². The van der Waals surface area contributed by atoms with E-state index in [1.807, 2.05) is 30.3 Å². The van der Waals surface area contributed by atoms with Gasteiger partial charge in [-0.1, -0.05) is 42.5 Å². The molecule has 4 atom stereocenters. The number of hydrogen-bond acceptors (Lipinski definition) is 6. The minimum absolute atomic E-state index is 0.0884. The maximum Gasteiger partial charge on any atom is 0.248 e. The first kappa shape index (κ1) is 29.4. The summed E-state index contributed by atoms with van der Waals surface area (Å²) in [6.45, 7) is 0.704.